The smallest absolute Gasteiger partial charge is 0.260 e. The molecule has 4 rings (SSSR count). The molecule has 0 saturated carbocycles. The molecule has 0 atom stereocenters. The molecule has 1 saturated heterocycles. The van der Waals surface area contributed by atoms with Gasteiger partial charge >= 0.3 is 0 Å². The second-order valence-corrected chi connectivity index (χ2v) is 8.18. The predicted molar refractivity (Wildman–Crippen MR) is 111 cm³/mol. The molecule has 1 amide bonds. The first-order valence-electron chi connectivity index (χ1n) is 9.54. The van der Waals surface area contributed by atoms with Crippen molar-refractivity contribution in [2.24, 2.45) is 0 Å². The molecule has 146 valence electrons. The topological polar surface area (TPSA) is 51.7 Å². The summed E-state index contributed by atoms with van der Waals surface area (Å²) in [6, 6.07) is 14.0. The van der Waals surface area contributed by atoms with Crippen molar-refractivity contribution in [3.8, 4) is 11.5 Å². The van der Waals surface area contributed by atoms with Crippen LogP contribution < -0.4 is 9.47 Å². The monoisotopic (exact) mass is 396 g/mol. The van der Waals surface area contributed by atoms with Crippen molar-refractivity contribution < 1.29 is 14.3 Å². The number of likely N-dealkylation sites (tertiary alicyclic amines) is 1. The molecule has 0 radical (unpaired) electrons. The van der Waals surface area contributed by atoms with Crippen LogP contribution in [0.2, 0.25) is 0 Å². The van der Waals surface area contributed by atoms with Gasteiger partial charge in [0.25, 0.3) is 5.91 Å². The fourth-order valence-electron chi connectivity index (χ4n) is 3.57. The van der Waals surface area contributed by atoms with Crippen LogP contribution >= 0.6 is 11.3 Å². The quantitative estimate of drug-likeness (QED) is 0.641. The Hall–Kier alpha value is -2.60. The zero-order valence-electron chi connectivity index (χ0n) is 16.2. The lowest BCUT2D eigenvalue weighted by Crippen LogP contribution is -2.40. The Morgan fingerprint density at radius 2 is 1.96 bits per heavy atom. The number of carbonyl (C=O) groups excluding carboxylic acids is 1. The minimum absolute atomic E-state index is 0.0189. The summed E-state index contributed by atoms with van der Waals surface area (Å²) in [5, 5.41) is 1.19. The fraction of sp³-hybridized carbons (Fsp3) is 0.364. The number of thiazole rings is 1. The van der Waals surface area contributed by atoms with Crippen LogP contribution in [0.25, 0.3) is 10.2 Å². The maximum Gasteiger partial charge on any atom is 0.260 e. The van der Waals surface area contributed by atoms with Crippen molar-refractivity contribution in [2.45, 2.75) is 25.7 Å². The van der Waals surface area contributed by atoms with Gasteiger partial charge in [0.2, 0.25) is 0 Å². The number of aryl methyl sites for hydroxylation is 1. The number of ether oxygens (including phenoxy) is 2. The minimum Gasteiger partial charge on any atom is -0.493 e. The van der Waals surface area contributed by atoms with Gasteiger partial charge in [-0.3, -0.25) is 4.79 Å². The van der Waals surface area contributed by atoms with Crippen molar-refractivity contribution in [3.05, 3.63) is 53.0 Å². The minimum atomic E-state index is 0.0189. The van der Waals surface area contributed by atoms with Gasteiger partial charge in [0.05, 0.1) is 22.3 Å². The Morgan fingerprint density at radius 3 is 2.71 bits per heavy atom. The highest BCUT2D eigenvalue weighted by Crippen LogP contribution is 2.34. The van der Waals surface area contributed by atoms with Crippen LogP contribution in [0.5, 0.6) is 11.5 Å². The molecule has 0 bridgehead atoms. The molecule has 1 aliphatic rings. The second-order valence-electron chi connectivity index (χ2n) is 7.12. The number of rotatable bonds is 5. The van der Waals surface area contributed by atoms with Gasteiger partial charge in [0.1, 0.15) is 0 Å². The van der Waals surface area contributed by atoms with Crippen LogP contribution in [0.15, 0.2) is 42.5 Å². The summed E-state index contributed by atoms with van der Waals surface area (Å²) in [6.07, 6.45) is 1.89. The van der Waals surface area contributed by atoms with Gasteiger partial charge in [-0.05, 0) is 49.6 Å². The number of amides is 1. The van der Waals surface area contributed by atoms with Crippen molar-refractivity contribution >= 4 is 27.5 Å². The number of hydrogen-bond acceptors (Lipinski definition) is 5. The van der Waals surface area contributed by atoms with E-state index in [9.17, 15) is 4.79 Å². The molecule has 0 aliphatic carbocycles. The van der Waals surface area contributed by atoms with Crippen molar-refractivity contribution in [2.75, 3.05) is 26.8 Å². The molecule has 0 unspecified atom stereocenters. The summed E-state index contributed by atoms with van der Waals surface area (Å²) in [5.41, 5.74) is 2.16. The van der Waals surface area contributed by atoms with Crippen LogP contribution in [0.3, 0.4) is 0 Å². The number of nitrogens with zero attached hydrogens (tertiary/aromatic N) is 2. The number of hydrogen-bond donors (Lipinski definition) is 0. The van der Waals surface area contributed by atoms with Gasteiger partial charge in [-0.15, -0.1) is 11.3 Å². The third-order valence-electron chi connectivity index (χ3n) is 5.18. The maximum atomic E-state index is 12.6. The average Bonchev–Trinajstić information content (AvgIpc) is 3.17. The van der Waals surface area contributed by atoms with E-state index in [1.54, 1.807) is 18.4 Å². The number of para-hydroxylation sites is 1. The standard InChI is InChI=1S/C22H24N2O3S/c1-15-7-8-18(19(13-15)26-2)27-14-21(25)24-11-9-16(10-12-24)22-23-17-5-3-4-6-20(17)28-22/h3-8,13,16H,9-12,14H2,1-2H3. The summed E-state index contributed by atoms with van der Waals surface area (Å²) in [6.45, 7) is 3.51. The molecule has 1 fully saturated rings. The molecule has 1 aliphatic heterocycles. The molecular formula is C22H24N2O3S. The number of piperidine rings is 1. The molecule has 5 nitrogen and oxygen atoms in total. The fourth-order valence-corrected chi connectivity index (χ4v) is 4.70. The highest BCUT2D eigenvalue weighted by molar-refractivity contribution is 7.18. The number of aromatic nitrogens is 1. The number of benzene rings is 2. The van der Waals surface area contributed by atoms with Crippen LogP contribution in [-0.2, 0) is 4.79 Å². The lowest BCUT2D eigenvalue weighted by Gasteiger charge is -2.31. The van der Waals surface area contributed by atoms with Crippen molar-refractivity contribution in [1.29, 1.82) is 0 Å². The highest BCUT2D eigenvalue weighted by Gasteiger charge is 2.26. The maximum absolute atomic E-state index is 12.6. The van der Waals surface area contributed by atoms with Gasteiger partial charge in [0, 0.05) is 19.0 Å². The summed E-state index contributed by atoms with van der Waals surface area (Å²) < 4.78 is 12.3. The highest BCUT2D eigenvalue weighted by atomic mass is 32.1. The third kappa shape index (κ3) is 3.97. The Balaban J connectivity index is 1.32. The van der Waals surface area contributed by atoms with E-state index in [1.807, 2.05) is 36.1 Å². The van der Waals surface area contributed by atoms with E-state index in [0.29, 0.717) is 17.4 Å². The number of methoxy groups -OCH3 is 1. The first-order chi connectivity index (χ1) is 13.6. The molecule has 6 heteroatoms. The normalized spacial score (nSPS) is 15.0. The zero-order chi connectivity index (χ0) is 19.5. The van der Waals surface area contributed by atoms with Crippen LogP contribution in [0, 0.1) is 6.92 Å². The van der Waals surface area contributed by atoms with Gasteiger partial charge in [-0.1, -0.05) is 18.2 Å². The van der Waals surface area contributed by atoms with E-state index >= 15 is 0 Å². The van der Waals surface area contributed by atoms with Gasteiger partial charge in [-0.2, -0.15) is 0 Å². The van der Waals surface area contributed by atoms with E-state index in [4.69, 9.17) is 14.5 Å². The Morgan fingerprint density at radius 1 is 1.18 bits per heavy atom. The van der Waals surface area contributed by atoms with Crippen LogP contribution in [0.1, 0.15) is 29.3 Å². The van der Waals surface area contributed by atoms with Crippen LogP contribution in [0.4, 0.5) is 0 Å². The van der Waals surface area contributed by atoms with E-state index in [2.05, 4.69) is 18.2 Å². The van der Waals surface area contributed by atoms with Crippen molar-refractivity contribution in [1.82, 2.24) is 9.88 Å². The molecule has 28 heavy (non-hydrogen) atoms. The summed E-state index contributed by atoms with van der Waals surface area (Å²) in [7, 11) is 1.61. The van der Waals surface area contributed by atoms with E-state index < -0.39 is 0 Å². The molecule has 2 heterocycles. The molecule has 2 aromatic carbocycles. The third-order valence-corrected chi connectivity index (χ3v) is 6.38. The lowest BCUT2D eigenvalue weighted by atomic mass is 9.97. The lowest BCUT2D eigenvalue weighted by molar-refractivity contribution is -0.134. The number of fused-ring (bicyclic) bond motifs is 1. The Labute approximate surface area is 168 Å². The van der Waals surface area contributed by atoms with Gasteiger partial charge < -0.3 is 14.4 Å². The Kier molecular flexibility index (Phi) is 5.48. The molecular weight excluding hydrogens is 372 g/mol. The zero-order valence-corrected chi connectivity index (χ0v) is 17.0. The van der Waals surface area contributed by atoms with E-state index in [-0.39, 0.29) is 12.5 Å². The molecule has 0 spiro atoms. The Bertz CT molecular complexity index is 944. The number of carbonyl (C=O) groups is 1. The second kappa shape index (κ2) is 8.19. The predicted octanol–water partition coefficient (Wildman–Crippen LogP) is 4.40. The first-order valence-corrected chi connectivity index (χ1v) is 10.4. The molecule has 1 aromatic heterocycles. The largest absolute Gasteiger partial charge is 0.493 e. The van der Waals surface area contributed by atoms with E-state index in [0.717, 1.165) is 37.0 Å². The van der Waals surface area contributed by atoms with Gasteiger partial charge in [-0.25, -0.2) is 4.98 Å². The van der Waals surface area contributed by atoms with Crippen LogP contribution in [-0.4, -0.2) is 42.6 Å². The summed E-state index contributed by atoms with van der Waals surface area (Å²) >= 11 is 1.77. The summed E-state index contributed by atoms with van der Waals surface area (Å²) in [4.78, 5) is 19.2. The summed E-state index contributed by atoms with van der Waals surface area (Å²) in [5.74, 6) is 1.71. The first kappa shape index (κ1) is 18.7. The van der Waals surface area contributed by atoms with Crippen molar-refractivity contribution in [3.63, 3.8) is 0 Å². The average molecular weight is 397 g/mol. The SMILES string of the molecule is COc1cc(C)ccc1OCC(=O)N1CCC(c2nc3ccccc3s2)CC1. The van der Waals surface area contributed by atoms with Gasteiger partial charge in [0.15, 0.2) is 18.1 Å². The molecule has 0 N–H and O–H groups in total. The van der Waals surface area contributed by atoms with E-state index in [1.165, 1.54) is 9.71 Å². The molecule has 3 aromatic rings.